The Hall–Kier alpha value is -0.980. The topological polar surface area (TPSA) is 96.0 Å². The van der Waals surface area contributed by atoms with Gasteiger partial charge in [-0.05, 0) is 97.3 Å². The van der Waals surface area contributed by atoms with Gasteiger partial charge in [-0.1, -0.05) is 61.8 Å². The second-order valence-corrected chi connectivity index (χ2v) is 18.5. The average molecular weight is 771 g/mol. The fraction of sp³-hybridized carbons (Fsp3) is 0.955. The minimum Gasteiger partial charge on any atom is -0.371 e. The molecule has 10 heteroatoms. The molecule has 0 aromatic rings. The Morgan fingerprint density at radius 2 is 1.15 bits per heavy atom. The number of ether oxygens (including phenoxy) is 6. The minimum absolute atomic E-state index is 0.0365. The number of nitrogens with zero attached hydrogens (tertiary/aromatic N) is 2. The standard InChI is InChI=1S/C18H34O4.C15H28O4.C11H24N2/c1-14(2)7-5-8-16(19)12-20-13-17-9-6-10-18(22-17)21-11-15(3)4;1-11(2)8-18-15-7-5-6-13(19-15)9-17-10-14(16)12(3)4;1-10(2)12-6-8-13(9-7-12)11(3,4)5/h14-15,17-18H,5-13H2,1-4H3;11-13,15H,5-10H2,1-4H3;10H,6-9H2,1-5H3. The molecule has 0 amide bonds. The van der Waals surface area contributed by atoms with Crippen molar-refractivity contribution in [2.24, 2.45) is 23.7 Å². The Morgan fingerprint density at radius 3 is 1.56 bits per heavy atom. The first-order chi connectivity index (χ1) is 25.4. The lowest BCUT2D eigenvalue weighted by atomic mass is 10.0. The molecule has 0 aromatic carbocycles. The molecule has 3 aliphatic rings. The molecule has 3 fully saturated rings. The van der Waals surface area contributed by atoms with Crippen LogP contribution in [0.4, 0.5) is 0 Å². The molecular weight excluding hydrogens is 684 g/mol. The Kier molecular flexibility index (Phi) is 26.9. The van der Waals surface area contributed by atoms with Gasteiger partial charge in [0.05, 0.1) is 38.6 Å². The largest absolute Gasteiger partial charge is 0.371 e. The summed E-state index contributed by atoms with van der Waals surface area (Å²) in [7, 11) is 0. The smallest absolute Gasteiger partial charge is 0.160 e. The van der Waals surface area contributed by atoms with Crippen LogP contribution in [-0.4, -0.2) is 124 Å². The average Bonchev–Trinajstić information content (AvgIpc) is 3.10. The van der Waals surface area contributed by atoms with E-state index >= 15 is 0 Å². The first-order valence-electron chi connectivity index (χ1n) is 21.6. The number of hydrogen-bond acceptors (Lipinski definition) is 10. The summed E-state index contributed by atoms with van der Waals surface area (Å²) in [5.74, 6) is 2.07. The molecule has 3 aliphatic heterocycles. The van der Waals surface area contributed by atoms with Gasteiger partial charge >= 0.3 is 0 Å². The van der Waals surface area contributed by atoms with Crippen LogP contribution in [0.2, 0.25) is 0 Å². The molecule has 54 heavy (non-hydrogen) atoms. The number of carbonyl (C=O) groups excluding carboxylic acids is 2. The van der Waals surface area contributed by atoms with Crippen LogP contribution >= 0.6 is 0 Å². The summed E-state index contributed by atoms with van der Waals surface area (Å²) < 4.78 is 34.1. The summed E-state index contributed by atoms with van der Waals surface area (Å²) in [6.45, 7) is 35.9. The van der Waals surface area contributed by atoms with Gasteiger partial charge in [0, 0.05) is 50.1 Å². The van der Waals surface area contributed by atoms with E-state index in [4.69, 9.17) is 28.4 Å². The van der Waals surface area contributed by atoms with E-state index in [9.17, 15) is 9.59 Å². The molecule has 0 radical (unpaired) electrons. The molecule has 0 bridgehead atoms. The van der Waals surface area contributed by atoms with Crippen LogP contribution in [0.1, 0.15) is 148 Å². The van der Waals surface area contributed by atoms with Crippen molar-refractivity contribution in [3.63, 3.8) is 0 Å². The SMILES string of the molecule is CC(C)CCCC(=O)COCC1CCCC(OCC(C)C)O1.CC(C)COC1CCCC(COCC(=O)C(C)C)O1.CC(C)N1CCN(C(C)(C)C)CC1. The molecule has 4 unspecified atom stereocenters. The quantitative estimate of drug-likeness (QED) is 0.120. The minimum atomic E-state index is -0.106. The second kappa shape index (κ2) is 28.4. The molecule has 0 spiro atoms. The van der Waals surface area contributed by atoms with Gasteiger partial charge in [-0.15, -0.1) is 0 Å². The molecule has 320 valence electrons. The summed E-state index contributed by atoms with van der Waals surface area (Å²) in [5, 5.41) is 0. The fourth-order valence-corrected chi connectivity index (χ4v) is 6.27. The predicted octanol–water partition coefficient (Wildman–Crippen LogP) is 8.57. The zero-order chi connectivity index (χ0) is 40.7. The van der Waals surface area contributed by atoms with Crippen LogP contribution in [0.3, 0.4) is 0 Å². The molecule has 0 N–H and O–H groups in total. The van der Waals surface area contributed by atoms with E-state index in [2.05, 4.69) is 86.0 Å². The van der Waals surface area contributed by atoms with E-state index in [0.29, 0.717) is 49.0 Å². The Labute approximate surface area is 332 Å². The molecule has 4 atom stereocenters. The van der Waals surface area contributed by atoms with Gasteiger partial charge in [-0.25, -0.2) is 0 Å². The highest BCUT2D eigenvalue weighted by molar-refractivity contribution is 5.81. The van der Waals surface area contributed by atoms with E-state index in [1.165, 1.54) is 26.2 Å². The van der Waals surface area contributed by atoms with Crippen LogP contribution in [-0.2, 0) is 38.0 Å². The molecular formula is C44H86N2O8. The lowest BCUT2D eigenvalue weighted by molar-refractivity contribution is -0.208. The maximum Gasteiger partial charge on any atom is 0.160 e. The number of hydrogen-bond donors (Lipinski definition) is 0. The van der Waals surface area contributed by atoms with Gasteiger partial charge in [0.25, 0.3) is 0 Å². The second-order valence-electron chi connectivity index (χ2n) is 18.5. The first kappa shape index (κ1) is 51.0. The fourth-order valence-electron chi connectivity index (χ4n) is 6.27. The summed E-state index contributed by atoms with van der Waals surface area (Å²) in [6, 6.07) is 0.710. The lowest BCUT2D eigenvalue weighted by Crippen LogP contribution is -2.54. The highest BCUT2D eigenvalue weighted by Crippen LogP contribution is 2.22. The van der Waals surface area contributed by atoms with E-state index in [1.807, 2.05) is 13.8 Å². The van der Waals surface area contributed by atoms with Crippen LogP contribution in [0.5, 0.6) is 0 Å². The molecule has 0 aliphatic carbocycles. The summed E-state index contributed by atoms with van der Waals surface area (Å²) in [5.41, 5.74) is 0.350. The zero-order valence-corrected chi connectivity index (χ0v) is 37.3. The van der Waals surface area contributed by atoms with Crippen LogP contribution in [0, 0.1) is 23.7 Å². The van der Waals surface area contributed by atoms with Crippen LogP contribution in [0.15, 0.2) is 0 Å². The maximum atomic E-state index is 11.7. The van der Waals surface area contributed by atoms with E-state index < -0.39 is 0 Å². The number of rotatable bonds is 20. The van der Waals surface area contributed by atoms with Gasteiger partial charge in [-0.3, -0.25) is 19.4 Å². The van der Waals surface area contributed by atoms with Crippen molar-refractivity contribution in [2.75, 3.05) is 65.8 Å². The Bertz CT molecular complexity index is 959. The van der Waals surface area contributed by atoms with Crippen molar-refractivity contribution in [2.45, 2.75) is 184 Å². The van der Waals surface area contributed by atoms with E-state index in [-0.39, 0.29) is 55.5 Å². The summed E-state index contributed by atoms with van der Waals surface area (Å²) >= 11 is 0. The molecule has 10 nitrogen and oxygen atoms in total. The Balaban J connectivity index is 0.000000418. The Morgan fingerprint density at radius 1 is 0.667 bits per heavy atom. The monoisotopic (exact) mass is 771 g/mol. The third-order valence-corrected chi connectivity index (χ3v) is 9.84. The van der Waals surface area contributed by atoms with Crippen molar-refractivity contribution < 1.29 is 38.0 Å². The van der Waals surface area contributed by atoms with Gasteiger partial charge < -0.3 is 28.4 Å². The number of ketones is 2. The number of carbonyl (C=O) groups is 2. The molecule has 3 heterocycles. The summed E-state index contributed by atoms with van der Waals surface area (Å²) in [6.07, 6.45) is 8.68. The van der Waals surface area contributed by atoms with Crippen molar-refractivity contribution in [3.8, 4) is 0 Å². The van der Waals surface area contributed by atoms with Crippen molar-refractivity contribution in [3.05, 3.63) is 0 Å². The number of Topliss-reactive ketones (excluding diaryl/α,β-unsaturated/α-hetero) is 2. The maximum absolute atomic E-state index is 11.7. The van der Waals surface area contributed by atoms with Crippen LogP contribution < -0.4 is 0 Å². The van der Waals surface area contributed by atoms with Crippen LogP contribution in [0.25, 0.3) is 0 Å². The first-order valence-corrected chi connectivity index (χ1v) is 21.6. The normalized spacial score (nSPS) is 23.1. The van der Waals surface area contributed by atoms with Gasteiger partial charge in [0.2, 0.25) is 0 Å². The summed E-state index contributed by atoms with van der Waals surface area (Å²) in [4.78, 5) is 28.3. The zero-order valence-electron chi connectivity index (χ0n) is 37.3. The third-order valence-electron chi connectivity index (χ3n) is 9.84. The van der Waals surface area contributed by atoms with Gasteiger partial charge in [-0.2, -0.15) is 0 Å². The van der Waals surface area contributed by atoms with Gasteiger partial charge in [0.15, 0.2) is 24.1 Å². The van der Waals surface area contributed by atoms with Crippen molar-refractivity contribution in [1.29, 1.82) is 0 Å². The van der Waals surface area contributed by atoms with Crippen molar-refractivity contribution >= 4 is 11.6 Å². The predicted molar refractivity (Wildman–Crippen MR) is 220 cm³/mol. The highest BCUT2D eigenvalue weighted by atomic mass is 16.7. The van der Waals surface area contributed by atoms with E-state index in [1.54, 1.807) is 0 Å². The van der Waals surface area contributed by atoms with Gasteiger partial charge in [0.1, 0.15) is 13.2 Å². The molecule has 0 saturated carbocycles. The van der Waals surface area contributed by atoms with Crippen molar-refractivity contribution in [1.82, 2.24) is 9.80 Å². The lowest BCUT2D eigenvalue weighted by Gasteiger charge is -2.43. The molecule has 3 saturated heterocycles. The molecule has 3 rings (SSSR count). The third kappa shape index (κ3) is 25.3. The van der Waals surface area contributed by atoms with E-state index in [0.717, 1.165) is 64.6 Å². The number of piperazine rings is 1. The molecule has 0 aromatic heterocycles. The highest BCUT2D eigenvalue weighted by Gasteiger charge is 2.27.